The molecule has 2 aromatic carbocycles. The molecule has 3 rings (SSSR count). The fourth-order valence-corrected chi connectivity index (χ4v) is 3.05. The molecule has 1 fully saturated rings. The van der Waals surface area contributed by atoms with Crippen LogP contribution in [-0.4, -0.2) is 29.8 Å². The summed E-state index contributed by atoms with van der Waals surface area (Å²) in [6.07, 6.45) is 0.608. The number of nitrogens with zero attached hydrogens (tertiary/aromatic N) is 1. The number of hydrogen-bond donors (Lipinski definition) is 1. The Morgan fingerprint density at radius 2 is 1.83 bits per heavy atom. The van der Waals surface area contributed by atoms with E-state index in [4.69, 9.17) is 17.3 Å². The van der Waals surface area contributed by atoms with Crippen molar-refractivity contribution in [2.75, 3.05) is 13.1 Å². The van der Waals surface area contributed by atoms with Gasteiger partial charge < -0.3 is 10.6 Å². The molecule has 0 saturated carbocycles. The number of primary amides is 1. The Labute approximate surface area is 139 Å². The lowest BCUT2D eigenvalue weighted by Gasteiger charge is -2.17. The van der Waals surface area contributed by atoms with Gasteiger partial charge in [0, 0.05) is 13.1 Å². The summed E-state index contributed by atoms with van der Waals surface area (Å²) in [5, 5.41) is 0.414. The minimum absolute atomic E-state index is 0.156. The van der Waals surface area contributed by atoms with E-state index in [1.54, 1.807) is 17.0 Å². The second-order valence-electron chi connectivity index (χ2n) is 5.70. The Bertz CT molecular complexity index is 746. The average Bonchev–Trinajstić information content (AvgIpc) is 3.06. The van der Waals surface area contributed by atoms with Crippen LogP contribution < -0.4 is 5.73 Å². The largest absolute Gasteiger partial charge is 0.369 e. The smallest absolute Gasteiger partial charge is 0.255 e. The van der Waals surface area contributed by atoms with Crippen LogP contribution in [0.1, 0.15) is 16.8 Å². The number of nitrogens with two attached hydrogens (primary N) is 1. The van der Waals surface area contributed by atoms with Crippen molar-refractivity contribution in [3.8, 4) is 11.1 Å². The summed E-state index contributed by atoms with van der Waals surface area (Å²) in [4.78, 5) is 25.6. The molecule has 1 aliphatic heterocycles. The van der Waals surface area contributed by atoms with Gasteiger partial charge >= 0.3 is 0 Å². The molecule has 0 radical (unpaired) electrons. The second-order valence-corrected chi connectivity index (χ2v) is 6.11. The lowest BCUT2D eigenvalue weighted by molar-refractivity contribution is -0.121. The van der Waals surface area contributed by atoms with Gasteiger partial charge in [-0.05, 0) is 29.7 Å². The third kappa shape index (κ3) is 3.22. The van der Waals surface area contributed by atoms with Crippen molar-refractivity contribution >= 4 is 23.4 Å². The van der Waals surface area contributed by atoms with Gasteiger partial charge in [0.25, 0.3) is 5.91 Å². The number of halogens is 1. The first-order chi connectivity index (χ1) is 11.1. The summed E-state index contributed by atoms with van der Waals surface area (Å²) in [5.74, 6) is -0.781. The molecular weight excluding hydrogens is 312 g/mol. The summed E-state index contributed by atoms with van der Waals surface area (Å²) in [5.41, 5.74) is 7.74. The highest BCUT2D eigenvalue weighted by Gasteiger charge is 2.31. The van der Waals surface area contributed by atoms with Crippen LogP contribution in [0.4, 0.5) is 0 Å². The molecule has 23 heavy (non-hydrogen) atoms. The highest BCUT2D eigenvalue weighted by molar-refractivity contribution is 6.34. The van der Waals surface area contributed by atoms with Gasteiger partial charge in [-0.1, -0.05) is 48.0 Å². The Morgan fingerprint density at radius 1 is 1.09 bits per heavy atom. The van der Waals surface area contributed by atoms with Crippen molar-refractivity contribution in [3.63, 3.8) is 0 Å². The van der Waals surface area contributed by atoms with Crippen molar-refractivity contribution in [1.82, 2.24) is 4.90 Å². The van der Waals surface area contributed by atoms with Gasteiger partial charge in [-0.3, -0.25) is 9.59 Å². The minimum Gasteiger partial charge on any atom is -0.369 e. The van der Waals surface area contributed by atoms with E-state index < -0.39 is 0 Å². The molecule has 2 amide bonds. The topological polar surface area (TPSA) is 63.4 Å². The Kier molecular flexibility index (Phi) is 4.35. The number of amides is 2. The van der Waals surface area contributed by atoms with Crippen LogP contribution in [0.15, 0.2) is 48.5 Å². The third-order valence-corrected chi connectivity index (χ3v) is 4.51. The van der Waals surface area contributed by atoms with E-state index in [0.29, 0.717) is 30.1 Å². The molecule has 1 heterocycles. The van der Waals surface area contributed by atoms with Gasteiger partial charge in [0.05, 0.1) is 16.5 Å². The molecule has 1 atom stereocenters. The summed E-state index contributed by atoms with van der Waals surface area (Å²) < 4.78 is 0. The van der Waals surface area contributed by atoms with Crippen LogP contribution in [0.25, 0.3) is 11.1 Å². The van der Waals surface area contributed by atoms with Crippen LogP contribution in [0.2, 0.25) is 5.02 Å². The summed E-state index contributed by atoms with van der Waals surface area (Å²) in [7, 11) is 0. The van der Waals surface area contributed by atoms with Crippen LogP contribution in [-0.2, 0) is 4.79 Å². The molecule has 1 aliphatic rings. The van der Waals surface area contributed by atoms with Gasteiger partial charge in [0.1, 0.15) is 0 Å². The molecule has 0 aromatic heterocycles. The first-order valence-corrected chi connectivity index (χ1v) is 7.87. The van der Waals surface area contributed by atoms with Crippen molar-refractivity contribution in [3.05, 3.63) is 59.1 Å². The summed E-state index contributed by atoms with van der Waals surface area (Å²) in [6, 6.07) is 15.2. The lowest BCUT2D eigenvalue weighted by Crippen LogP contribution is -2.31. The Balaban J connectivity index is 1.88. The molecule has 0 aliphatic carbocycles. The quantitative estimate of drug-likeness (QED) is 0.941. The van der Waals surface area contributed by atoms with E-state index in [9.17, 15) is 9.59 Å². The maximum Gasteiger partial charge on any atom is 0.255 e. The van der Waals surface area contributed by atoms with E-state index in [-0.39, 0.29) is 17.7 Å². The van der Waals surface area contributed by atoms with E-state index in [0.717, 1.165) is 11.1 Å². The van der Waals surface area contributed by atoms with E-state index in [2.05, 4.69) is 0 Å². The highest BCUT2D eigenvalue weighted by atomic mass is 35.5. The molecule has 4 nitrogen and oxygen atoms in total. The normalized spacial score (nSPS) is 17.3. The van der Waals surface area contributed by atoms with E-state index in [1.807, 2.05) is 36.4 Å². The molecular formula is C18H17ClN2O2. The molecule has 1 unspecified atom stereocenters. The Morgan fingerprint density at radius 3 is 2.48 bits per heavy atom. The summed E-state index contributed by atoms with van der Waals surface area (Å²) in [6.45, 7) is 0.887. The lowest BCUT2D eigenvalue weighted by atomic mass is 10.0. The molecule has 2 N–H and O–H groups in total. The number of carbonyl (C=O) groups excluding carboxylic acids is 2. The van der Waals surface area contributed by atoms with Gasteiger partial charge in [0.15, 0.2) is 0 Å². The number of hydrogen-bond acceptors (Lipinski definition) is 2. The predicted octanol–water partition coefficient (Wildman–Crippen LogP) is 2.95. The van der Waals surface area contributed by atoms with Crippen LogP contribution in [0.5, 0.6) is 0 Å². The van der Waals surface area contributed by atoms with Crippen molar-refractivity contribution in [1.29, 1.82) is 0 Å². The molecule has 0 spiro atoms. The zero-order valence-corrected chi connectivity index (χ0v) is 13.3. The molecule has 2 aromatic rings. The number of benzene rings is 2. The number of rotatable bonds is 3. The van der Waals surface area contributed by atoms with Crippen LogP contribution in [0, 0.1) is 5.92 Å². The maximum absolute atomic E-state index is 12.7. The fraction of sp³-hybridized carbons (Fsp3) is 0.222. The predicted molar refractivity (Wildman–Crippen MR) is 90.1 cm³/mol. The SMILES string of the molecule is NC(=O)C1CCN(C(=O)c2cc(-c3ccccc3)ccc2Cl)C1. The highest BCUT2D eigenvalue weighted by Crippen LogP contribution is 2.27. The van der Waals surface area contributed by atoms with Crippen LogP contribution in [0.3, 0.4) is 0 Å². The van der Waals surface area contributed by atoms with Gasteiger partial charge in [-0.2, -0.15) is 0 Å². The zero-order chi connectivity index (χ0) is 16.4. The molecule has 5 heteroatoms. The number of carbonyl (C=O) groups is 2. The van der Waals surface area contributed by atoms with Crippen LogP contribution >= 0.6 is 11.6 Å². The Hall–Kier alpha value is -2.33. The van der Waals surface area contributed by atoms with Gasteiger partial charge in [-0.25, -0.2) is 0 Å². The van der Waals surface area contributed by atoms with Crippen molar-refractivity contribution in [2.24, 2.45) is 11.7 Å². The third-order valence-electron chi connectivity index (χ3n) is 4.18. The fourth-order valence-electron chi connectivity index (χ4n) is 2.85. The van der Waals surface area contributed by atoms with Crippen molar-refractivity contribution in [2.45, 2.75) is 6.42 Å². The monoisotopic (exact) mass is 328 g/mol. The van der Waals surface area contributed by atoms with E-state index >= 15 is 0 Å². The first kappa shape index (κ1) is 15.6. The molecule has 1 saturated heterocycles. The first-order valence-electron chi connectivity index (χ1n) is 7.50. The number of likely N-dealkylation sites (tertiary alicyclic amines) is 1. The van der Waals surface area contributed by atoms with Gasteiger partial charge in [-0.15, -0.1) is 0 Å². The maximum atomic E-state index is 12.7. The van der Waals surface area contributed by atoms with Gasteiger partial charge in [0.2, 0.25) is 5.91 Å². The molecule has 118 valence electrons. The van der Waals surface area contributed by atoms with Crippen molar-refractivity contribution < 1.29 is 9.59 Å². The average molecular weight is 329 g/mol. The molecule has 0 bridgehead atoms. The standard InChI is InChI=1S/C18H17ClN2O2/c19-16-7-6-13(12-4-2-1-3-5-12)10-15(16)18(23)21-9-8-14(11-21)17(20)22/h1-7,10,14H,8-9,11H2,(H2,20,22). The minimum atomic E-state index is -0.357. The van der Waals surface area contributed by atoms with E-state index in [1.165, 1.54) is 0 Å². The summed E-state index contributed by atoms with van der Waals surface area (Å²) >= 11 is 6.22. The second kappa shape index (κ2) is 6.42. The zero-order valence-electron chi connectivity index (χ0n) is 12.5.